The molecule has 2 aromatic carbocycles. The first-order valence-corrected chi connectivity index (χ1v) is 14.0. The van der Waals surface area contributed by atoms with Crippen LogP contribution >= 0.6 is 23.5 Å². The second-order valence-corrected chi connectivity index (χ2v) is 12.4. The molecule has 1 aliphatic rings. The zero-order valence-corrected chi connectivity index (χ0v) is 22.6. The van der Waals surface area contributed by atoms with Crippen molar-refractivity contribution in [2.75, 3.05) is 0 Å². The second kappa shape index (κ2) is 10.1. The van der Waals surface area contributed by atoms with Gasteiger partial charge in [0.25, 0.3) is 11.8 Å². The Kier molecular flexibility index (Phi) is 6.97. The molecule has 5 rings (SSSR count). The SMILES string of the molecule is CC(O)SC(C)n1cc(C2=C(c3cn(C(C)SC(C)O)c4ccccc34)C(=O)NC2=O)c2ccccc21. The summed E-state index contributed by atoms with van der Waals surface area (Å²) in [5.41, 5.74) is 2.76. The lowest BCUT2D eigenvalue weighted by molar-refractivity contribution is -0.122. The number of imide groups is 1. The number of carbonyl (C=O) groups is 2. The zero-order valence-electron chi connectivity index (χ0n) is 21.0. The molecule has 0 spiro atoms. The van der Waals surface area contributed by atoms with Crippen LogP contribution in [0.25, 0.3) is 33.0 Å². The molecule has 192 valence electrons. The van der Waals surface area contributed by atoms with Gasteiger partial charge in [0.15, 0.2) is 0 Å². The molecule has 0 saturated heterocycles. The molecular weight excluding hydrogens is 506 g/mol. The number of nitrogens with one attached hydrogen (secondary N) is 1. The van der Waals surface area contributed by atoms with Crippen LogP contribution in [0.2, 0.25) is 0 Å². The number of aliphatic hydroxyl groups excluding tert-OH is 2. The van der Waals surface area contributed by atoms with Gasteiger partial charge in [0.1, 0.15) is 0 Å². The van der Waals surface area contributed by atoms with Crippen LogP contribution in [0.1, 0.15) is 49.6 Å². The summed E-state index contributed by atoms with van der Waals surface area (Å²) >= 11 is 2.80. The lowest BCUT2D eigenvalue weighted by atomic mass is 9.95. The third-order valence-electron chi connectivity index (χ3n) is 6.52. The van der Waals surface area contributed by atoms with E-state index in [1.165, 1.54) is 23.5 Å². The van der Waals surface area contributed by atoms with Crippen LogP contribution in [0.4, 0.5) is 0 Å². The first-order chi connectivity index (χ1) is 17.7. The average Bonchev–Trinajstić information content (AvgIpc) is 3.49. The van der Waals surface area contributed by atoms with Gasteiger partial charge in [-0.05, 0) is 39.8 Å². The van der Waals surface area contributed by atoms with E-state index in [0.29, 0.717) is 22.3 Å². The van der Waals surface area contributed by atoms with Crippen molar-refractivity contribution in [3.63, 3.8) is 0 Å². The third kappa shape index (κ3) is 4.61. The Labute approximate surface area is 223 Å². The first-order valence-electron chi connectivity index (χ1n) is 12.1. The predicted octanol–water partition coefficient (Wildman–Crippen LogP) is 5.34. The summed E-state index contributed by atoms with van der Waals surface area (Å²) in [6, 6.07) is 15.6. The molecule has 0 saturated carbocycles. The normalized spacial score (nSPS) is 17.5. The van der Waals surface area contributed by atoms with Gasteiger partial charge in [0, 0.05) is 45.3 Å². The summed E-state index contributed by atoms with van der Waals surface area (Å²) in [5.74, 6) is -0.857. The van der Waals surface area contributed by atoms with E-state index in [1.807, 2.05) is 83.9 Å². The number of nitrogens with zero attached hydrogens (tertiary/aromatic N) is 2. The topological polar surface area (TPSA) is 96.5 Å². The summed E-state index contributed by atoms with van der Waals surface area (Å²) in [6.07, 6.45) is 3.81. The Morgan fingerprint density at radius 1 is 0.676 bits per heavy atom. The Hall–Kier alpha value is -2.98. The van der Waals surface area contributed by atoms with Gasteiger partial charge < -0.3 is 19.3 Å². The zero-order chi connectivity index (χ0) is 26.4. The molecule has 4 unspecified atom stereocenters. The standard InChI is InChI=1S/C28H29N3O4S2/c1-15(36-17(3)32)30-13-21(19-9-5-7-11-23(19)30)25-26(28(35)29-27(25)34)22-14-31(16(2)37-18(4)33)24-12-8-6-10-20(22)24/h5-18,32-33H,1-4H3,(H,29,34,35). The van der Waals surface area contributed by atoms with Crippen molar-refractivity contribution >= 4 is 68.3 Å². The lowest BCUT2D eigenvalue weighted by Gasteiger charge is -2.16. The van der Waals surface area contributed by atoms with Crippen LogP contribution in [-0.2, 0) is 9.59 Å². The number of carbonyl (C=O) groups excluding carboxylic acids is 2. The molecule has 0 aliphatic carbocycles. The number of hydrogen-bond acceptors (Lipinski definition) is 6. The fraction of sp³-hybridized carbons (Fsp3) is 0.286. The second-order valence-electron chi connectivity index (χ2n) is 9.14. The van der Waals surface area contributed by atoms with Gasteiger partial charge in [-0.25, -0.2) is 0 Å². The Bertz CT molecular complexity index is 1440. The maximum Gasteiger partial charge on any atom is 0.259 e. The van der Waals surface area contributed by atoms with Gasteiger partial charge in [-0.2, -0.15) is 0 Å². The summed E-state index contributed by atoms with van der Waals surface area (Å²) in [6.45, 7) is 7.45. The molecule has 9 heteroatoms. The van der Waals surface area contributed by atoms with Gasteiger partial charge in [-0.3, -0.25) is 14.9 Å². The molecule has 7 nitrogen and oxygen atoms in total. The first kappa shape index (κ1) is 25.7. The highest BCUT2D eigenvalue weighted by Gasteiger charge is 2.36. The van der Waals surface area contributed by atoms with E-state index in [4.69, 9.17) is 0 Å². The number of benzene rings is 2. The quantitative estimate of drug-likeness (QED) is 0.208. The minimum absolute atomic E-state index is 0.0943. The third-order valence-corrected chi connectivity index (χ3v) is 8.55. The van der Waals surface area contributed by atoms with Crippen LogP contribution in [0.15, 0.2) is 60.9 Å². The van der Waals surface area contributed by atoms with Crippen molar-refractivity contribution in [1.82, 2.24) is 14.5 Å². The highest BCUT2D eigenvalue weighted by molar-refractivity contribution is 7.99. The predicted molar refractivity (Wildman–Crippen MR) is 152 cm³/mol. The summed E-state index contributed by atoms with van der Waals surface area (Å²) in [7, 11) is 0. The maximum atomic E-state index is 13.3. The van der Waals surface area contributed by atoms with Crippen LogP contribution in [0, 0.1) is 0 Å². The fourth-order valence-electron chi connectivity index (χ4n) is 5.08. The largest absolute Gasteiger partial charge is 0.383 e. The monoisotopic (exact) mass is 535 g/mol. The molecule has 2 amide bonds. The van der Waals surface area contributed by atoms with E-state index < -0.39 is 22.7 Å². The number of rotatable bonds is 8. The van der Waals surface area contributed by atoms with Crippen molar-refractivity contribution in [3.05, 3.63) is 72.1 Å². The van der Waals surface area contributed by atoms with Crippen LogP contribution in [0.3, 0.4) is 0 Å². The summed E-state index contributed by atoms with van der Waals surface area (Å²) in [4.78, 5) is 26.6. The lowest BCUT2D eigenvalue weighted by Crippen LogP contribution is -2.22. The molecule has 0 radical (unpaired) electrons. The van der Waals surface area contributed by atoms with E-state index in [-0.39, 0.29) is 10.7 Å². The highest BCUT2D eigenvalue weighted by Crippen LogP contribution is 2.42. The van der Waals surface area contributed by atoms with E-state index in [0.717, 1.165) is 21.8 Å². The number of aliphatic hydroxyl groups is 2. The Balaban J connectivity index is 1.76. The maximum absolute atomic E-state index is 13.3. The van der Waals surface area contributed by atoms with E-state index in [2.05, 4.69) is 5.32 Å². The Morgan fingerprint density at radius 2 is 1.05 bits per heavy atom. The van der Waals surface area contributed by atoms with Crippen molar-refractivity contribution in [1.29, 1.82) is 0 Å². The minimum Gasteiger partial charge on any atom is -0.383 e. The molecule has 3 heterocycles. The van der Waals surface area contributed by atoms with E-state index in [1.54, 1.807) is 13.8 Å². The van der Waals surface area contributed by atoms with Gasteiger partial charge in [0.05, 0.1) is 32.8 Å². The molecule has 1 aliphatic heterocycles. The number of hydrogen-bond donors (Lipinski definition) is 3. The average molecular weight is 536 g/mol. The van der Waals surface area contributed by atoms with Crippen molar-refractivity contribution < 1.29 is 19.8 Å². The summed E-state index contributed by atoms with van der Waals surface area (Å²) in [5, 5.41) is 24.0. The van der Waals surface area contributed by atoms with Crippen LogP contribution in [-0.4, -0.2) is 42.0 Å². The minimum atomic E-state index is -0.557. The van der Waals surface area contributed by atoms with Crippen LogP contribution < -0.4 is 5.32 Å². The number of amides is 2. The fourth-order valence-corrected chi connectivity index (χ4v) is 6.83. The number of fused-ring (bicyclic) bond motifs is 2. The summed E-state index contributed by atoms with van der Waals surface area (Å²) < 4.78 is 4.07. The number of para-hydroxylation sites is 2. The molecule has 37 heavy (non-hydrogen) atoms. The van der Waals surface area contributed by atoms with Crippen molar-refractivity contribution in [2.45, 2.75) is 49.3 Å². The smallest absolute Gasteiger partial charge is 0.259 e. The van der Waals surface area contributed by atoms with Gasteiger partial charge in [-0.1, -0.05) is 36.4 Å². The molecule has 0 bridgehead atoms. The number of aromatic nitrogens is 2. The molecule has 4 atom stereocenters. The molecule has 2 aromatic heterocycles. The van der Waals surface area contributed by atoms with E-state index >= 15 is 0 Å². The van der Waals surface area contributed by atoms with Gasteiger partial charge in [-0.15, -0.1) is 23.5 Å². The molecule has 3 N–H and O–H groups in total. The van der Waals surface area contributed by atoms with Crippen LogP contribution in [0.5, 0.6) is 0 Å². The molecule has 4 aromatic rings. The molecular formula is C28H29N3O4S2. The van der Waals surface area contributed by atoms with Gasteiger partial charge in [0.2, 0.25) is 0 Å². The number of thioether (sulfide) groups is 2. The van der Waals surface area contributed by atoms with Gasteiger partial charge >= 0.3 is 0 Å². The van der Waals surface area contributed by atoms with E-state index in [9.17, 15) is 19.8 Å². The Morgan fingerprint density at radius 3 is 1.43 bits per heavy atom. The van der Waals surface area contributed by atoms with Crippen molar-refractivity contribution in [2.24, 2.45) is 0 Å². The highest BCUT2D eigenvalue weighted by atomic mass is 32.2. The molecule has 0 fully saturated rings. The van der Waals surface area contributed by atoms with Crippen molar-refractivity contribution in [3.8, 4) is 0 Å².